The number of amides is 1. The van der Waals surface area contributed by atoms with Gasteiger partial charge in [-0.2, -0.15) is 0 Å². The lowest BCUT2D eigenvalue weighted by Gasteiger charge is -2.33. The summed E-state index contributed by atoms with van der Waals surface area (Å²) in [6.07, 6.45) is 1.56. The van der Waals surface area contributed by atoms with Crippen molar-refractivity contribution in [3.8, 4) is 5.75 Å². The number of rotatable bonds is 4. The van der Waals surface area contributed by atoms with Crippen LogP contribution in [-0.2, 0) is 4.74 Å². The summed E-state index contributed by atoms with van der Waals surface area (Å²) < 4.78 is 11.2. The monoisotopic (exact) mass is 332 g/mol. The molecule has 24 heavy (non-hydrogen) atoms. The highest BCUT2D eigenvalue weighted by molar-refractivity contribution is 5.68. The fourth-order valence-electron chi connectivity index (χ4n) is 2.48. The maximum Gasteiger partial charge on any atom is 0.410 e. The van der Waals surface area contributed by atoms with Crippen LogP contribution in [0.3, 0.4) is 0 Å². The van der Waals surface area contributed by atoms with Gasteiger partial charge in [-0.1, -0.05) is 5.11 Å². The van der Waals surface area contributed by atoms with Crippen LogP contribution in [0, 0.1) is 5.92 Å². The molecule has 1 saturated heterocycles. The Kier molecular flexibility index (Phi) is 5.93. The minimum atomic E-state index is -0.460. The lowest BCUT2D eigenvalue weighted by Crippen LogP contribution is -2.42. The van der Waals surface area contributed by atoms with Crippen LogP contribution in [0.2, 0.25) is 0 Å². The fraction of sp³-hybridized carbons (Fsp3) is 0.588. The number of carbonyl (C=O) groups is 1. The van der Waals surface area contributed by atoms with E-state index in [0.717, 1.165) is 18.6 Å². The average molecular weight is 332 g/mol. The van der Waals surface area contributed by atoms with E-state index < -0.39 is 5.60 Å². The lowest BCUT2D eigenvalue weighted by molar-refractivity contribution is 0.0165. The molecule has 130 valence electrons. The zero-order chi connectivity index (χ0) is 17.6. The molecule has 1 aromatic rings. The highest BCUT2D eigenvalue weighted by Gasteiger charge is 2.27. The highest BCUT2D eigenvalue weighted by atomic mass is 16.6. The van der Waals surface area contributed by atoms with Gasteiger partial charge in [-0.15, -0.1) is 0 Å². The summed E-state index contributed by atoms with van der Waals surface area (Å²) in [5.74, 6) is 1.17. The Balaban J connectivity index is 1.75. The van der Waals surface area contributed by atoms with Gasteiger partial charge in [-0.25, -0.2) is 4.79 Å². The van der Waals surface area contributed by atoms with E-state index in [-0.39, 0.29) is 6.09 Å². The van der Waals surface area contributed by atoms with E-state index in [1.807, 2.05) is 20.8 Å². The van der Waals surface area contributed by atoms with Gasteiger partial charge in [0.05, 0.1) is 6.61 Å². The first-order chi connectivity index (χ1) is 11.4. The summed E-state index contributed by atoms with van der Waals surface area (Å²) in [5.41, 5.74) is 8.48. The van der Waals surface area contributed by atoms with Crippen LogP contribution < -0.4 is 4.74 Å². The minimum Gasteiger partial charge on any atom is -0.493 e. The maximum atomic E-state index is 12.0. The van der Waals surface area contributed by atoms with E-state index in [2.05, 4.69) is 10.0 Å². The standard InChI is InChI=1S/C17H24N4O3/c1-17(2,3)24-16(22)21-10-8-13(9-11-21)12-23-15-6-4-14(5-7-15)19-20-18/h4-7,13H,8-12H2,1-3H3. The largest absolute Gasteiger partial charge is 0.493 e. The van der Waals surface area contributed by atoms with Crippen LogP contribution in [0.4, 0.5) is 10.5 Å². The van der Waals surface area contributed by atoms with Crippen LogP contribution in [0.15, 0.2) is 29.4 Å². The summed E-state index contributed by atoms with van der Waals surface area (Å²) in [6.45, 7) is 7.62. The van der Waals surface area contributed by atoms with Gasteiger partial charge in [0.15, 0.2) is 0 Å². The zero-order valence-corrected chi connectivity index (χ0v) is 14.4. The van der Waals surface area contributed by atoms with Crippen LogP contribution in [-0.4, -0.2) is 36.3 Å². The molecule has 0 spiro atoms. The van der Waals surface area contributed by atoms with Crippen molar-refractivity contribution in [1.82, 2.24) is 4.90 Å². The van der Waals surface area contributed by atoms with Crippen molar-refractivity contribution in [2.75, 3.05) is 19.7 Å². The van der Waals surface area contributed by atoms with E-state index in [1.165, 1.54) is 0 Å². The van der Waals surface area contributed by atoms with Crippen molar-refractivity contribution in [3.63, 3.8) is 0 Å². The molecule has 0 bridgehead atoms. The second kappa shape index (κ2) is 7.93. The second-order valence-electron chi connectivity index (χ2n) is 6.91. The maximum absolute atomic E-state index is 12.0. The molecular formula is C17H24N4O3. The molecule has 1 aliphatic heterocycles. The Morgan fingerprint density at radius 1 is 1.29 bits per heavy atom. The van der Waals surface area contributed by atoms with Crippen molar-refractivity contribution in [1.29, 1.82) is 0 Å². The number of benzene rings is 1. The first-order valence-electron chi connectivity index (χ1n) is 8.13. The van der Waals surface area contributed by atoms with E-state index in [9.17, 15) is 4.79 Å². The number of ether oxygens (including phenoxy) is 2. The summed E-state index contributed by atoms with van der Waals surface area (Å²) in [7, 11) is 0. The molecule has 0 atom stereocenters. The Morgan fingerprint density at radius 2 is 1.92 bits per heavy atom. The van der Waals surface area contributed by atoms with Gasteiger partial charge < -0.3 is 14.4 Å². The van der Waals surface area contributed by atoms with E-state index in [0.29, 0.717) is 31.3 Å². The third-order valence-electron chi connectivity index (χ3n) is 3.75. The van der Waals surface area contributed by atoms with Gasteiger partial charge in [0.2, 0.25) is 0 Å². The van der Waals surface area contributed by atoms with Crippen molar-refractivity contribution in [3.05, 3.63) is 34.7 Å². The van der Waals surface area contributed by atoms with Crippen molar-refractivity contribution in [2.45, 2.75) is 39.2 Å². The number of hydrogen-bond donors (Lipinski definition) is 0. The third-order valence-corrected chi connectivity index (χ3v) is 3.75. The molecule has 0 aromatic heterocycles. The van der Waals surface area contributed by atoms with Crippen molar-refractivity contribution >= 4 is 11.8 Å². The molecule has 0 N–H and O–H groups in total. The van der Waals surface area contributed by atoms with Crippen LogP contribution in [0.25, 0.3) is 10.4 Å². The Hall–Kier alpha value is -2.40. The van der Waals surface area contributed by atoms with E-state index in [4.69, 9.17) is 15.0 Å². The van der Waals surface area contributed by atoms with Gasteiger partial charge in [0.25, 0.3) is 0 Å². The Bertz CT molecular complexity index is 595. The summed E-state index contributed by atoms with van der Waals surface area (Å²) >= 11 is 0. The number of piperidine rings is 1. The molecular weight excluding hydrogens is 308 g/mol. The van der Waals surface area contributed by atoms with E-state index in [1.54, 1.807) is 29.2 Å². The topological polar surface area (TPSA) is 87.5 Å². The number of hydrogen-bond acceptors (Lipinski definition) is 4. The zero-order valence-electron chi connectivity index (χ0n) is 14.4. The molecule has 1 amide bonds. The molecule has 7 heteroatoms. The third kappa shape index (κ3) is 5.66. The molecule has 1 fully saturated rings. The quantitative estimate of drug-likeness (QED) is 0.456. The summed E-state index contributed by atoms with van der Waals surface area (Å²) in [6, 6.07) is 7.03. The number of azide groups is 1. The molecule has 1 heterocycles. The molecule has 2 rings (SSSR count). The Morgan fingerprint density at radius 3 is 2.46 bits per heavy atom. The molecule has 1 aromatic carbocycles. The predicted molar refractivity (Wildman–Crippen MR) is 91.3 cm³/mol. The Labute approximate surface area is 142 Å². The van der Waals surface area contributed by atoms with Crippen LogP contribution in [0.5, 0.6) is 5.75 Å². The summed E-state index contributed by atoms with van der Waals surface area (Å²) in [4.78, 5) is 16.5. The predicted octanol–water partition coefficient (Wildman–Crippen LogP) is 4.65. The summed E-state index contributed by atoms with van der Waals surface area (Å²) in [5, 5.41) is 3.52. The SMILES string of the molecule is CC(C)(C)OC(=O)N1CCC(COc2ccc(N=[N+]=[N-])cc2)CC1. The first-order valence-corrected chi connectivity index (χ1v) is 8.13. The van der Waals surface area contributed by atoms with Gasteiger partial charge in [-0.05, 0) is 69.3 Å². The molecule has 0 aliphatic carbocycles. The lowest BCUT2D eigenvalue weighted by atomic mass is 9.98. The van der Waals surface area contributed by atoms with Crippen molar-refractivity contribution < 1.29 is 14.3 Å². The molecule has 0 radical (unpaired) electrons. The van der Waals surface area contributed by atoms with Crippen LogP contribution >= 0.6 is 0 Å². The highest BCUT2D eigenvalue weighted by Crippen LogP contribution is 2.23. The van der Waals surface area contributed by atoms with Gasteiger partial charge in [-0.3, -0.25) is 0 Å². The second-order valence-corrected chi connectivity index (χ2v) is 6.91. The van der Waals surface area contributed by atoms with Gasteiger partial charge in [0, 0.05) is 23.7 Å². The van der Waals surface area contributed by atoms with Crippen LogP contribution in [0.1, 0.15) is 33.6 Å². The number of likely N-dealkylation sites (tertiary alicyclic amines) is 1. The molecule has 1 aliphatic rings. The number of nitrogens with zero attached hydrogens (tertiary/aromatic N) is 4. The van der Waals surface area contributed by atoms with Crippen molar-refractivity contribution in [2.24, 2.45) is 11.0 Å². The normalized spacial score (nSPS) is 15.5. The molecule has 0 unspecified atom stereocenters. The smallest absolute Gasteiger partial charge is 0.410 e. The van der Waals surface area contributed by atoms with Gasteiger partial charge >= 0.3 is 6.09 Å². The van der Waals surface area contributed by atoms with Gasteiger partial charge in [0.1, 0.15) is 11.4 Å². The molecule has 7 nitrogen and oxygen atoms in total. The number of carbonyl (C=O) groups excluding carboxylic acids is 1. The van der Waals surface area contributed by atoms with E-state index >= 15 is 0 Å². The fourth-order valence-corrected chi connectivity index (χ4v) is 2.48. The average Bonchev–Trinajstić information content (AvgIpc) is 2.53. The first kappa shape index (κ1) is 17.9. The molecule has 0 saturated carbocycles. The minimum absolute atomic E-state index is 0.240.